The lowest BCUT2D eigenvalue weighted by atomic mass is 10.1. The second-order valence-electron chi connectivity index (χ2n) is 7.64. The fourth-order valence-electron chi connectivity index (χ4n) is 3.56. The largest absolute Gasteiger partial charge is 0.573 e. The molecule has 0 spiro atoms. The highest BCUT2D eigenvalue weighted by atomic mass is 35.5. The van der Waals surface area contributed by atoms with E-state index in [1.54, 1.807) is 0 Å². The lowest BCUT2D eigenvalue weighted by Crippen LogP contribution is -2.40. The van der Waals surface area contributed by atoms with Gasteiger partial charge in [-0.15, -0.1) is 23.4 Å². The molecule has 0 unspecified atom stereocenters. The highest BCUT2D eigenvalue weighted by Gasteiger charge is 2.31. The first-order valence-corrected chi connectivity index (χ1v) is 11.0. The maximum Gasteiger partial charge on any atom is 0.573 e. The predicted molar refractivity (Wildman–Crippen MR) is 118 cm³/mol. The fourth-order valence-corrected chi connectivity index (χ4v) is 3.74. The van der Waals surface area contributed by atoms with E-state index in [2.05, 4.69) is 30.1 Å². The first-order chi connectivity index (χ1) is 16.6. The number of nitrogens with one attached hydrogen (secondary N) is 1. The number of imidazole rings is 1. The minimum absolute atomic E-state index is 0.0287. The molecule has 186 valence electrons. The maximum atomic E-state index is 12.9. The molecule has 0 saturated heterocycles. The first-order valence-electron chi connectivity index (χ1n) is 10.6. The molecule has 1 aromatic carbocycles. The number of hydrogen-bond donors (Lipinski definition) is 1. The number of ether oxygens (including phenoxy) is 1. The molecule has 0 atom stereocenters. The normalized spacial score (nSPS) is 11.9. The quantitative estimate of drug-likeness (QED) is 0.341. The first kappa shape index (κ1) is 24.4. The molecule has 3 aromatic heterocycles. The van der Waals surface area contributed by atoms with Crippen LogP contribution in [0.3, 0.4) is 0 Å². The molecule has 0 radical (unpaired) electrons. The van der Waals surface area contributed by atoms with Gasteiger partial charge in [-0.25, -0.2) is 4.79 Å². The van der Waals surface area contributed by atoms with Crippen molar-refractivity contribution >= 4 is 22.8 Å². The number of hydrogen-bond acceptors (Lipinski definition) is 7. The number of tetrazole rings is 1. The SMILES string of the molecule is CCCn1c(=O)n(CCCn2nnc(Cc3ccc(OC(F)(F)F)cc3)n2)c(=O)c2[nH]c(Cl)nc21. The van der Waals surface area contributed by atoms with Crippen LogP contribution < -0.4 is 16.0 Å². The van der Waals surface area contributed by atoms with Gasteiger partial charge in [-0.3, -0.25) is 13.9 Å². The second kappa shape index (κ2) is 9.90. The van der Waals surface area contributed by atoms with Crippen LogP contribution in [-0.4, -0.2) is 45.7 Å². The topological polar surface area (TPSA) is 126 Å². The Bertz CT molecular complexity index is 1440. The van der Waals surface area contributed by atoms with E-state index in [1.165, 1.54) is 33.6 Å². The van der Waals surface area contributed by atoms with E-state index in [0.717, 1.165) is 4.57 Å². The van der Waals surface area contributed by atoms with Crippen molar-refractivity contribution in [2.24, 2.45) is 0 Å². The molecular formula is C20H20ClF3N8O3. The minimum Gasteiger partial charge on any atom is -0.406 e. The average Bonchev–Trinajstić information content (AvgIpc) is 3.40. The summed E-state index contributed by atoms with van der Waals surface area (Å²) in [7, 11) is 0. The van der Waals surface area contributed by atoms with Gasteiger partial charge in [-0.05, 0) is 47.4 Å². The molecule has 0 aliphatic rings. The summed E-state index contributed by atoms with van der Waals surface area (Å²) in [6.07, 6.45) is -3.46. The van der Waals surface area contributed by atoms with Gasteiger partial charge in [0, 0.05) is 19.5 Å². The van der Waals surface area contributed by atoms with Gasteiger partial charge < -0.3 is 9.72 Å². The molecule has 1 N–H and O–H groups in total. The van der Waals surface area contributed by atoms with Crippen LogP contribution in [0.2, 0.25) is 5.28 Å². The molecule has 0 amide bonds. The number of aromatic amines is 1. The molecule has 0 fully saturated rings. The van der Waals surface area contributed by atoms with E-state index in [-0.39, 0.29) is 41.7 Å². The number of halogens is 4. The number of aromatic nitrogens is 8. The molecule has 3 heterocycles. The van der Waals surface area contributed by atoms with Crippen molar-refractivity contribution in [1.82, 2.24) is 39.3 Å². The van der Waals surface area contributed by atoms with E-state index in [9.17, 15) is 22.8 Å². The Kier molecular flexibility index (Phi) is 6.91. The van der Waals surface area contributed by atoms with Gasteiger partial charge in [0.05, 0.1) is 6.54 Å². The summed E-state index contributed by atoms with van der Waals surface area (Å²) in [5.41, 5.74) is 0.0767. The third-order valence-corrected chi connectivity index (χ3v) is 5.21. The third kappa shape index (κ3) is 5.70. The van der Waals surface area contributed by atoms with Crippen LogP contribution in [0.25, 0.3) is 11.2 Å². The van der Waals surface area contributed by atoms with E-state index in [4.69, 9.17) is 11.6 Å². The number of alkyl halides is 3. The van der Waals surface area contributed by atoms with Crippen LogP contribution in [0.15, 0.2) is 33.9 Å². The summed E-state index contributed by atoms with van der Waals surface area (Å²) < 4.78 is 43.2. The van der Waals surface area contributed by atoms with E-state index < -0.39 is 17.6 Å². The standard InChI is InChI=1S/C20H20ClF3N8O3/c1-2-8-30-16-15(25-18(21)26-16)17(33)31(19(30)34)9-3-10-32-28-14(27-29-32)11-12-4-6-13(7-5-12)35-20(22,23)24/h4-7H,2-3,8-11H2,1H3,(H,25,26). The Labute approximate surface area is 200 Å². The van der Waals surface area contributed by atoms with E-state index in [0.29, 0.717) is 30.8 Å². The molecule has 35 heavy (non-hydrogen) atoms. The number of fused-ring (bicyclic) bond motifs is 1. The molecular weight excluding hydrogens is 493 g/mol. The lowest BCUT2D eigenvalue weighted by Gasteiger charge is -2.10. The van der Waals surface area contributed by atoms with Crippen LogP contribution in [-0.2, 0) is 26.1 Å². The van der Waals surface area contributed by atoms with Crippen LogP contribution in [0.5, 0.6) is 5.75 Å². The van der Waals surface area contributed by atoms with Gasteiger partial charge in [0.1, 0.15) is 5.75 Å². The highest BCUT2D eigenvalue weighted by molar-refractivity contribution is 6.28. The maximum absolute atomic E-state index is 12.9. The van der Waals surface area contributed by atoms with Crippen molar-refractivity contribution in [1.29, 1.82) is 0 Å². The summed E-state index contributed by atoms with van der Waals surface area (Å²) in [4.78, 5) is 33.7. The monoisotopic (exact) mass is 512 g/mol. The Morgan fingerprint density at radius 2 is 1.83 bits per heavy atom. The number of H-pyrrole nitrogens is 1. The zero-order valence-corrected chi connectivity index (χ0v) is 19.2. The Morgan fingerprint density at radius 1 is 1.09 bits per heavy atom. The summed E-state index contributed by atoms with van der Waals surface area (Å²) >= 11 is 5.90. The van der Waals surface area contributed by atoms with Crippen molar-refractivity contribution in [3.8, 4) is 5.75 Å². The Morgan fingerprint density at radius 3 is 2.51 bits per heavy atom. The molecule has 0 aliphatic carbocycles. The smallest absolute Gasteiger partial charge is 0.406 e. The zero-order chi connectivity index (χ0) is 25.2. The summed E-state index contributed by atoms with van der Waals surface area (Å²) in [5, 5.41) is 12.2. The molecule has 15 heteroatoms. The third-order valence-electron chi connectivity index (χ3n) is 5.03. The number of aryl methyl sites for hydroxylation is 2. The highest BCUT2D eigenvalue weighted by Crippen LogP contribution is 2.23. The summed E-state index contributed by atoms with van der Waals surface area (Å²) in [5.74, 6) is 0.0483. The number of rotatable bonds is 9. The molecule has 4 aromatic rings. The van der Waals surface area contributed by atoms with Crippen molar-refractivity contribution in [2.75, 3.05) is 0 Å². The van der Waals surface area contributed by atoms with Crippen molar-refractivity contribution < 1.29 is 17.9 Å². The van der Waals surface area contributed by atoms with Crippen molar-refractivity contribution in [3.63, 3.8) is 0 Å². The van der Waals surface area contributed by atoms with Crippen LogP contribution in [0.4, 0.5) is 13.2 Å². The molecule has 0 aliphatic heterocycles. The number of nitrogens with zero attached hydrogens (tertiary/aromatic N) is 7. The van der Waals surface area contributed by atoms with Crippen LogP contribution in [0.1, 0.15) is 31.2 Å². The molecule has 0 saturated carbocycles. The average molecular weight is 513 g/mol. The Balaban J connectivity index is 1.41. The van der Waals surface area contributed by atoms with Gasteiger partial charge in [0.15, 0.2) is 17.0 Å². The Hall–Kier alpha value is -3.68. The predicted octanol–water partition coefficient (Wildman–Crippen LogP) is 2.52. The molecule has 4 rings (SSSR count). The van der Waals surface area contributed by atoms with Crippen LogP contribution in [0, 0.1) is 0 Å². The van der Waals surface area contributed by atoms with Crippen LogP contribution >= 0.6 is 11.6 Å². The lowest BCUT2D eigenvalue weighted by molar-refractivity contribution is -0.274. The van der Waals surface area contributed by atoms with Gasteiger partial charge in [-0.1, -0.05) is 19.1 Å². The minimum atomic E-state index is -4.75. The summed E-state index contributed by atoms with van der Waals surface area (Å²) in [6, 6.07) is 5.38. The van der Waals surface area contributed by atoms with E-state index >= 15 is 0 Å². The van der Waals surface area contributed by atoms with Gasteiger partial charge in [-0.2, -0.15) is 9.78 Å². The van der Waals surface area contributed by atoms with Gasteiger partial charge >= 0.3 is 12.1 Å². The molecule has 0 bridgehead atoms. The number of benzene rings is 1. The van der Waals surface area contributed by atoms with Gasteiger partial charge in [0.2, 0.25) is 5.28 Å². The van der Waals surface area contributed by atoms with E-state index in [1.807, 2.05) is 6.92 Å². The molecule has 11 nitrogen and oxygen atoms in total. The van der Waals surface area contributed by atoms with Crippen molar-refractivity contribution in [2.45, 2.75) is 52.2 Å². The zero-order valence-electron chi connectivity index (χ0n) is 18.4. The fraction of sp³-hybridized carbons (Fsp3) is 0.400. The van der Waals surface area contributed by atoms with Gasteiger partial charge in [0.25, 0.3) is 5.56 Å². The second-order valence-corrected chi connectivity index (χ2v) is 8.00. The van der Waals surface area contributed by atoms with Crippen molar-refractivity contribution in [3.05, 3.63) is 61.8 Å². The summed E-state index contributed by atoms with van der Waals surface area (Å²) in [6.45, 7) is 2.69.